The number of hydrogen-bond acceptors (Lipinski definition) is 7. The van der Waals surface area contributed by atoms with Crippen LogP contribution < -0.4 is 5.32 Å². The quantitative estimate of drug-likeness (QED) is 0.444. The van der Waals surface area contributed by atoms with Gasteiger partial charge in [-0.15, -0.1) is 0 Å². The van der Waals surface area contributed by atoms with E-state index < -0.39 is 39.1 Å². The maximum absolute atomic E-state index is 12.5. The molecule has 0 spiro atoms. The number of carbonyl (C=O) groups excluding carboxylic acids is 2. The van der Waals surface area contributed by atoms with E-state index in [2.05, 4.69) is 10.1 Å². The van der Waals surface area contributed by atoms with E-state index >= 15 is 0 Å². The molecule has 0 heterocycles. The molecule has 0 bridgehead atoms. The number of non-ortho nitro benzene ring substituents is 2. The highest BCUT2D eigenvalue weighted by Gasteiger charge is 2.25. The van der Waals surface area contributed by atoms with Gasteiger partial charge in [0, 0.05) is 18.6 Å². The first kappa shape index (κ1) is 19.5. The normalized spacial score (nSPS) is 11.3. The second-order valence-electron chi connectivity index (χ2n) is 5.49. The zero-order valence-corrected chi connectivity index (χ0v) is 14.2. The van der Waals surface area contributed by atoms with Crippen LogP contribution in [0, 0.1) is 20.2 Å². The number of esters is 1. The zero-order valence-electron chi connectivity index (χ0n) is 14.2. The molecule has 0 aromatic heterocycles. The van der Waals surface area contributed by atoms with E-state index in [1.807, 2.05) is 0 Å². The molecular formula is C17H15N3O7. The Morgan fingerprint density at radius 2 is 1.59 bits per heavy atom. The largest absolute Gasteiger partial charge is 0.467 e. The van der Waals surface area contributed by atoms with Crippen LogP contribution in [-0.2, 0) is 16.0 Å². The number of benzene rings is 2. The molecule has 0 unspecified atom stereocenters. The number of nitro groups is 2. The van der Waals surface area contributed by atoms with Crippen LogP contribution in [0.2, 0.25) is 0 Å². The van der Waals surface area contributed by atoms with E-state index in [1.54, 1.807) is 30.3 Å². The minimum Gasteiger partial charge on any atom is -0.467 e. The monoisotopic (exact) mass is 373 g/mol. The molecule has 0 aliphatic rings. The van der Waals surface area contributed by atoms with Crippen molar-refractivity contribution in [1.82, 2.24) is 5.32 Å². The summed E-state index contributed by atoms with van der Waals surface area (Å²) in [7, 11) is 1.16. The summed E-state index contributed by atoms with van der Waals surface area (Å²) < 4.78 is 4.68. The van der Waals surface area contributed by atoms with Gasteiger partial charge in [0.05, 0.1) is 28.6 Å². The van der Waals surface area contributed by atoms with E-state index in [1.165, 1.54) is 0 Å². The molecule has 0 aliphatic heterocycles. The van der Waals surface area contributed by atoms with Gasteiger partial charge in [-0.1, -0.05) is 30.3 Å². The Morgan fingerprint density at radius 3 is 2.07 bits per heavy atom. The third-order valence-corrected chi connectivity index (χ3v) is 3.66. The van der Waals surface area contributed by atoms with Crippen LogP contribution in [0.4, 0.5) is 11.4 Å². The smallest absolute Gasteiger partial charge is 0.328 e. The summed E-state index contributed by atoms with van der Waals surface area (Å²) in [6.07, 6.45) is 0.121. The average Bonchev–Trinajstić information content (AvgIpc) is 2.67. The van der Waals surface area contributed by atoms with Crippen LogP contribution in [-0.4, -0.2) is 34.9 Å². The van der Waals surface area contributed by atoms with Crippen LogP contribution >= 0.6 is 0 Å². The molecule has 1 amide bonds. The molecule has 0 saturated heterocycles. The lowest BCUT2D eigenvalue weighted by molar-refractivity contribution is -0.394. The van der Waals surface area contributed by atoms with Gasteiger partial charge in [-0.05, 0) is 5.56 Å². The first-order valence-corrected chi connectivity index (χ1v) is 7.68. The van der Waals surface area contributed by atoms with Crippen molar-refractivity contribution in [2.75, 3.05) is 7.11 Å². The third-order valence-electron chi connectivity index (χ3n) is 3.66. The Balaban J connectivity index is 2.30. The number of ether oxygens (including phenoxy) is 1. The van der Waals surface area contributed by atoms with Crippen molar-refractivity contribution in [1.29, 1.82) is 0 Å². The first-order valence-electron chi connectivity index (χ1n) is 7.68. The number of nitrogens with one attached hydrogen (secondary N) is 1. The van der Waals surface area contributed by atoms with E-state index in [0.717, 1.165) is 30.9 Å². The van der Waals surface area contributed by atoms with E-state index in [4.69, 9.17) is 0 Å². The Hall–Kier alpha value is -3.82. The summed E-state index contributed by atoms with van der Waals surface area (Å²) in [4.78, 5) is 44.6. The molecule has 1 N–H and O–H groups in total. The van der Waals surface area contributed by atoms with Crippen LogP contribution in [0.3, 0.4) is 0 Å². The fourth-order valence-corrected chi connectivity index (χ4v) is 2.36. The lowest BCUT2D eigenvalue weighted by atomic mass is 10.1. The molecule has 2 rings (SSSR count). The van der Waals surface area contributed by atoms with E-state index in [9.17, 15) is 29.8 Å². The molecule has 0 saturated carbocycles. The van der Waals surface area contributed by atoms with Crippen molar-refractivity contribution in [2.24, 2.45) is 0 Å². The second kappa shape index (κ2) is 8.52. The van der Waals surface area contributed by atoms with Crippen molar-refractivity contribution in [2.45, 2.75) is 12.5 Å². The molecule has 27 heavy (non-hydrogen) atoms. The lowest BCUT2D eigenvalue weighted by Crippen LogP contribution is -2.43. The first-order chi connectivity index (χ1) is 12.8. The molecule has 1 atom stereocenters. The van der Waals surface area contributed by atoms with Gasteiger partial charge in [0.25, 0.3) is 17.3 Å². The Kier molecular flexibility index (Phi) is 6.15. The van der Waals surface area contributed by atoms with E-state index in [-0.39, 0.29) is 12.0 Å². The van der Waals surface area contributed by atoms with Crippen LogP contribution in [0.1, 0.15) is 15.9 Å². The minimum atomic E-state index is -1.07. The molecule has 10 heteroatoms. The zero-order chi connectivity index (χ0) is 20.0. The number of rotatable bonds is 7. The second-order valence-corrected chi connectivity index (χ2v) is 5.49. The molecule has 2 aromatic rings. The van der Waals surface area contributed by atoms with Gasteiger partial charge in [-0.3, -0.25) is 25.0 Å². The Labute approximate surface area is 153 Å². The van der Waals surface area contributed by atoms with Gasteiger partial charge in [-0.25, -0.2) is 4.79 Å². The summed E-state index contributed by atoms with van der Waals surface area (Å²) in [5.41, 5.74) is -0.768. The van der Waals surface area contributed by atoms with Crippen LogP contribution in [0.5, 0.6) is 0 Å². The fraction of sp³-hybridized carbons (Fsp3) is 0.176. The number of methoxy groups -OCH3 is 1. The van der Waals surface area contributed by atoms with Crippen molar-refractivity contribution in [3.63, 3.8) is 0 Å². The number of nitrogens with zero attached hydrogens (tertiary/aromatic N) is 2. The fourth-order valence-electron chi connectivity index (χ4n) is 2.36. The molecule has 0 fully saturated rings. The predicted molar refractivity (Wildman–Crippen MR) is 93.2 cm³/mol. The molecule has 0 radical (unpaired) electrons. The third kappa shape index (κ3) is 5.08. The summed E-state index contributed by atoms with van der Waals surface area (Å²) >= 11 is 0. The van der Waals surface area contributed by atoms with E-state index in [0.29, 0.717) is 0 Å². The summed E-state index contributed by atoms with van der Waals surface area (Å²) in [5.74, 6) is -1.58. The number of amides is 1. The highest BCUT2D eigenvalue weighted by atomic mass is 16.6. The minimum absolute atomic E-state index is 0.121. The van der Waals surface area contributed by atoms with Gasteiger partial charge in [-0.2, -0.15) is 0 Å². The van der Waals surface area contributed by atoms with Crippen LogP contribution in [0.15, 0.2) is 48.5 Å². The molecule has 140 valence electrons. The van der Waals surface area contributed by atoms with Gasteiger partial charge in [0.15, 0.2) is 0 Å². The highest BCUT2D eigenvalue weighted by Crippen LogP contribution is 2.22. The number of hydrogen-bond donors (Lipinski definition) is 1. The maximum atomic E-state index is 12.5. The van der Waals surface area contributed by atoms with Crippen molar-refractivity contribution < 1.29 is 24.2 Å². The van der Waals surface area contributed by atoms with Crippen molar-refractivity contribution in [3.05, 3.63) is 79.9 Å². The Bertz CT molecular complexity index is 851. The maximum Gasteiger partial charge on any atom is 0.328 e. The predicted octanol–water partition coefficient (Wildman–Crippen LogP) is 2.02. The topological polar surface area (TPSA) is 142 Å². The number of nitro benzene ring substituents is 2. The van der Waals surface area contributed by atoms with Gasteiger partial charge >= 0.3 is 5.97 Å². The average molecular weight is 373 g/mol. The standard InChI is InChI=1S/C17H15N3O7/c1-27-17(22)15(7-11-5-3-2-4-6-11)18-16(21)12-8-13(19(23)24)10-14(9-12)20(25)26/h2-6,8-10,15H,7H2,1H3,(H,18,21)/t15-/m1/s1. The summed E-state index contributed by atoms with van der Waals surface area (Å²) in [5, 5.41) is 24.3. The van der Waals surface area contributed by atoms with Gasteiger partial charge < -0.3 is 10.1 Å². The highest BCUT2D eigenvalue weighted by molar-refractivity contribution is 5.98. The Morgan fingerprint density at radius 1 is 1.04 bits per heavy atom. The molecule has 10 nitrogen and oxygen atoms in total. The van der Waals surface area contributed by atoms with Gasteiger partial charge in [0.1, 0.15) is 6.04 Å². The summed E-state index contributed by atoms with van der Waals surface area (Å²) in [6, 6.07) is 10.3. The summed E-state index contributed by atoms with van der Waals surface area (Å²) in [6.45, 7) is 0. The molecular weight excluding hydrogens is 358 g/mol. The van der Waals surface area contributed by atoms with Gasteiger partial charge in [0.2, 0.25) is 0 Å². The van der Waals surface area contributed by atoms with Crippen LogP contribution in [0.25, 0.3) is 0 Å². The number of carbonyl (C=O) groups is 2. The SMILES string of the molecule is COC(=O)[C@@H](Cc1ccccc1)NC(=O)c1cc([N+](=O)[O-])cc([N+](=O)[O-])c1. The molecule has 0 aliphatic carbocycles. The molecule has 2 aromatic carbocycles. The lowest BCUT2D eigenvalue weighted by Gasteiger charge is -2.16. The van der Waals surface area contributed by atoms with Crippen molar-refractivity contribution in [3.8, 4) is 0 Å². The van der Waals surface area contributed by atoms with Crippen molar-refractivity contribution >= 4 is 23.3 Å².